The Morgan fingerprint density at radius 3 is 2.79 bits per heavy atom. The molecular formula is C19H21N5. The number of benzene rings is 1. The minimum Gasteiger partial charge on any atom is -0.383 e. The van der Waals surface area contributed by atoms with Crippen molar-refractivity contribution in [2.75, 3.05) is 0 Å². The van der Waals surface area contributed by atoms with Crippen LogP contribution in [0.4, 0.5) is 5.82 Å². The lowest BCUT2D eigenvalue weighted by molar-refractivity contribution is 0.857. The number of hydrogen-bond donors (Lipinski definition) is 1. The number of hydrogen-bond acceptors (Lipinski definition) is 2. The van der Waals surface area contributed by atoms with Gasteiger partial charge in [-0.15, -0.1) is 0 Å². The highest BCUT2D eigenvalue weighted by Crippen LogP contribution is 2.27. The summed E-state index contributed by atoms with van der Waals surface area (Å²) in [5.74, 6) is 1.50. The van der Waals surface area contributed by atoms with Crippen molar-refractivity contribution in [2.24, 2.45) is 22.8 Å². The number of rotatable bonds is 4. The van der Waals surface area contributed by atoms with Gasteiger partial charge in [-0.25, -0.2) is 15.0 Å². The summed E-state index contributed by atoms with van der Waals surface area (Å²) in [6.07, 6.45) is 5.31. The van der Waals surface area contributed by atoms with Gasteiger partial charge in [-0.2, -0.15) is 0 Å². The van der Waals surface area contributed by atoms with Gasteiger partial charge in [-0.05, 0) is 41.8 Å². The summed E-state index contributed by atoms with van der Waals surface area (Å²) in [5.41, 5.74) is 9.51. The van der Waals surface area contributed by atoms with E-state index in [1.807, 2.05) is 24.3 Å². The fraction of sp³-hybridized carbons (Fsp3) is 0.211. The van der Waals surface area contributed by atoms with Crippen LogP contribution in [0, 0.1) is 0 Å². The average molecular weight is 319 g/mol. The Balaban J connectivity index is 1.92. The second kappa shape index (κ2) is 6.66. The first-order valence-electron chi connectivity index (χ1n) is 7.92. The van der Waals surface area contributed by atoms with Gasteiger partial charge in [0.2, 0.25) is 0 Å². The third-order valence-electron chi connectivity index (χ3n) is 3.97. The van der Waals surface area contributed by atoms with Crippen molar-refractivity contribution in [3.05, 3.63) is 59.9 Å². The van der Waals surface area contributed by atoms with E-state index in [4.69, 9.17) is 5.73 Å². The standard InChI is InChI=1S/C19H21N5/c1-13(2)16-11-24(3)17-8-7-14(10-15(16)17)19(20)23-12-22-18-6-4-5-9-21-18/h4-13H,1-3H3,(H2,20,21,22,23). The van der Waals surface area contributed by atoms with Crippen molar-refractivity contribution >= 4 is 28.9 Å². The Labute approximate surface area is 141 Å². The molecule has 0 unspecified atom stereocenters. The van der Waals surface area contributed by atoms with E-state index >= 15 is 0 Å². The van der Waals surface area contributed by atoms with Crippen LogP contribution < -0.4 is 5.73 Å². The molecule has 2 N–H and O–H groups in total. The third kappa shape index (κ3) is 3.20. The second-order valence-corrected chi connectivity index (χ2v) is 6.03. The number of aromatic nitrogens is 2. The number of aliphatic imine (C=N–C) groups is 2. The highest BCUT2D eigenvalue weighted by atomic mass is 15.0. The van der Waals surface area contributed by atoms with Crippen molar-refractivity contribution in [2.45, 2.75) is 19.8 Å². The number of amidine groups is 1. The van der Waals surface area contributed by atoms with Crippen molar-refractivity contribution in [1.29, 1.82) is 0 Å². The molecule has 0 amide bonds. The number of fused-ring (bicyclic) bond motifs is 1. The van der Waals surface area contributed by atoms with Gasteiger partial charge < -0.3 is 10.3 Å². The van der Waals surface area contributed by atoms with Crippen LogP contribution in [0.15, 0.2) is 58.8 Å². The smallest absolute Gasteiger partial charge is 0.153 e. The normalized spacial score (nSPS) is 12.6. The highest BCUT2D eigenvalue weighted by Gasteiger charge is 2.11. The summed E-state index contributed by atoms with van der Waals surface area (Å²) in [4.78, 5) is 12.5. The van der Waals surface area contributed by atoms with Gasteiger partial charge in [0.25, 0.3) is 0 Å². The topological polar surface area (TPSA) is 68.6 Å². The number of aryl methyl sites for hydroxylation is 1. The maximum Gasteiger partial charge on any atom is 0.153 e. The maximum absolute atomic E-state index is 6.11. The molecule has 0 fully saturated rings. The fourth-order valence-corrected chi connectivity index (χ4v) is 2.70. The minimum absolute atomic E-state index is 0.440. The summed E-state index contributed by atoms with van der Waals surface area (Å²) >= 11 is 0. The van der Waals surface area contributed by atoms with E-state index in [0.29, 0.717) is 17.6 Å². The molecular weight excluding hydrogens is 298 g/mol. The van der Waals surface area contributed by atoms with Crippen LogP contribution in [0.1, 0.15) is 30.9 Å². The molecule has 0 bridgehead atoms. The molecule has 3 rings (SSSR count). The zero-order valence-corrected chi connectivity index (χ0v) is 14.1. The summed E-state index contributed by atoms with van der Waals surface area (Å²) < 4.78 is 2.14. The lowest BCUT2D eigenvalue weighted by atomic mass is 10.0. The van der Waals surface area contributed by atoms with Crippen LogP contribution >= 0.6 is 0 Å². The Hall–Kier alpha value is -2.95. The van der Waals surface area contributed by atoms with E-state index in [2.05, 4.69) is 58.8 Å². The molecule has 0 aliphatic carbocycles. The molecule has 0 aliphatic rings. The average Bonchev–Trinajstić information content (AvgIpc) is 2.92. The lowest BCUT2D eigenvalue weighted by Gasteiger charge is -2.04. The van der Waals surface area contributed by atoms with Crippen LogP contribution in [0.2, 0.25) is 0 Å². The monoisotopic (exact) mass is 319 g/mol. The molecule has 0 aliphatic heterocycles. The first kappa shape index (κ1) is 15.9. The molecule has 24 heavy (non-hydrogen) atoms. The minimum atomic E-state index is 0.440. The van der Waals surface area contributed by atoms with E-state index < -0.39 is 0 Å². The predicted octanol–water partition coefficient (Wildman–Crippen LogP) is 3.76. The summed E-state index contributed by atoms with van der Waals surface area (Å²) in [6.45, 7) is 4.39. The summed E-state index contributed by atoms with van der Waals surface area (Å²) in [7, 11) is 2.06. The van der Waals surface area contributed by atoms with Gasteiger partial charge in [0.1, 0.15) is 12.2 Å². The Morgan fingerprint density at radius 1 is 1.25 bits per heavy atom. The molecule has 2 heterocycles. The third-order valence-corrected chi connectivity index (χ3v) is 3.97. The first-order valence-corrected chi connectivity index (χ1v) is 7.92. The van der Waals surface area contributed by atoms with Crippen LogP contribution in [-0.2, 0) is 7.05 Å². The SMILES string of the molecule is CC(C)c1cn(C)c2ccc(C(N)=N/C=N/c3ccccn3)cc12. The summed E-state index contributed by atoms with van der Waals surface area (Å²) in [5, 5.41) is 1.21. The van der Waals surface area contributed by atoms with Gasteiger partial charge in [-0.1, -0.05) is 19.9 Å². The molecule has 1 aromatic carbocycles. The van der Waals surface area contributed by atoms with Crippen molar-refractivity contribution in [3.63, 3.8) is 0 Å². The number of nitrogens with zero attached hydrogens (tertiary/aromatic N) is 4. The quantitative estimate of drug-likeness (QED) is 0.587. The highest BCUT2D eigenvalue weighted by molar-refractivity contribution is 6.04. The van der Waals surface area contributed by atoms with E-state index in [1.165, 1.54) is 22.8 Å². The van der Waals surface area contributed by atoms with Crippen molar-refractivity contribution in [1.82, 2.24) is 9.55 Å². The molecule has 0 atom stereocenters. The molecule has 5 heteroatoms. The largest absolute Gasteiger partial charge is 0.383 e. The first-order chi connectivity index (χ1) is 11.6. The van der Waals surface area contributed by atoms with Crippen LogP contribution in [0.3, 0.4) is 0 Å². The van der Waals surface area contributed by atoms with Crippen LogP contribution in [-0.4, -0.2) is 21.7 Å². The van der Waals surface area contributed by atoms with Gasteiger partial charge >= 0.3 is 0 Å². The molecule has 122 valence electrons. The van der Waals surface area contributed by atoms with Gasteiger partial charge in [0.15, 0.2) is 5.82 Å². The second-order valence-electron chi connectivity index (χ2n) is 6.03. The molecule has 0 radical (unpaired) electrons. The number of pyridine rings is 1. The van der Waals surface area contributed by atoms with Crippen molar-refractivity contribution in [3.8, 4) is 0 Å². The Morgan fingerprint density at radius 2 is 2.08 bits per heavy atom. The predicted molar refractivity (Wildman–Crippen MR) is 100 cm³/mol. The zero-order valence-electron chi connectivity index (χ0n) is 14.1. The molecule has 2 aromatic heterocycles. The molecule has 0 saturated heterocycles. The van der Waals surface area contributed by atoms with Gasteiger partial charge in [-0.3, -0.25) is 0 Å². The van der Waals surface area contributed by atoms with Gasteiger partial charge in [0.05, 0.1) is 0 Å². The lowest BCUT2D eigenvalue weighted by Crippen LogP contribution is -2.13. The molecule has 0 saturated carbocycles. The van der Waals surface area contributed by atoms with E-state index in [-0.39, 0.29) is 0 Å². The Kier molecular flexibility index (Phi) is 4.42. The summed E-state index contributed by atoms with van der Waals surface area (Å²) in [6, 6.07) is 11.7. The molecule has 5 nitrogen and oxygen atoms in total. The van der Waals surface area contributed by atoms with Gasteiger partial charge in [0, 0.05) is 35.9 Å². The van der Waals surface area contributed by atoms with E-state index in [0.717, 1.165) is 5.56 Å². The number of nitrogens with two attached hydrogens (primary N) is 1. The van der Waals surface area contributed by atoms with Crippen LogP contribution in [0.25, 0.3) is 10.9 Å². The fourth-order valence-electron chi connectivity index (χ4n) is 2.70. The zero-order chi connectivity index (χ0) is 17.1. The molecule has 0 spiro atoms. The Bertz CT molecular complexity index is 904. The van der Waals surface area contributed by atoms with Crippen LogP contribution in [0.5, 0.6) is 0 Å². The van der Waals surface area contributed by atoms with E-state index in [1.54, 1.807) is 6.20 Å². The maximum atomic E-state index is 6.11. The molecule has 3 aromatic rings. The van der Waals surface area contributed by atoms with Crippen molar-refractivity contribution < 1.29 is 0 Å². The van der Waals surface area contributed by atoms with E-state index in [9.17, 15) is 0 Å².